The third-order valence-corrected chi connectivity index (χ3v) is 3.71. The molecule has 0 aliphatic heterocycles. The lowest BCUT2D eigenvalue weighted by Gasteiger charge is -2.22. The van der Waals surface area contributed by atoms with Crippen molar-refractivity contribution in [3.63, 3.8) is 0 Å². The smallest absolute Gasteiger partial charge is 0.123 e. The van der Waals surface area contributed by atoms with Crippen molar-refractivity contribution in [3.8, 4) is 5.75 Å². The fraction of sp³-hybridized carbons (Fsp3) is 0.294. The molecule has 3 rings (SSSR count). The van der Waals surface area contributed by atoms with Gasteiger partial charge in [0.25, 0.3) is 0 Å². The molecule has 2 aromatic rings. The SMILES string of the molecule is CCNC1c2ccccc2CC1Oc1ccc(F)cc1. The molecule has 0 saturated carbocycles. The van der Waals surface area contributed by atoms with E-state index in [1.165, 1.54) is 23.3 Å². The molecule has 3 heteroatoms. The van der Waals surface area contributed by atoms with Gasteiger partial charge < -0.3 is 10.1 Å². The van der Waals surface area contributed by atoms with E-state index in [9.17, 15) is 4.39 Å². The minimum absolute atomic E-state index is 0.0535. The molecule has 20 heavy (non-hydrogen) atoms. The molecule has 0 fully saturated rings. The Morgan fingerprint density at radius 3 is 2.65 bits per heavy atom. The van der Waals surface area contributed by atoms with E-state index >= 15 is 0 Å². The van der Waals surface area contributed by atoms with Crippen LogP contribution in [0.1, 0.15) is 24.1 Å². The minimum Gasteiger partial charge on any atom is -0.488 e. The van der Waals surface area contributed by atoms with Gasteiger partial charge in [0.15, 0.2) is 0 Å². The molecular weight excluding hydrogens is 253 g/mol. The van der Waals surface area contributed by atoms with E-state index < -0.39 is 0 Å². The Morgan fingerprint density at radius 2 is 1.90 bits per heavy atom. The molecule has 2 atom stereocenters. The number of hydrogen-bond acceptors (Lipinski definition) is 2. The molecule has 1 N–H and O–H groups in total. The maximum Gasteiger partial charge on any atom is 0.123 e. The second-order valence-corrected chi connectivity index (χ2v) is 5.05. The Morgan fingerprint density at radius 1 is 1.15 bits per heavy atom. The standard InChI is InChI=1S/C17H18FNO/c1-2-19-17-15-6-4-3-5-12(15)11-16(17)20-14-9-7-13(18)8-10-14/h3-10,16-17,19H,2,11H2,1H3. The molecule has 0 saturated heterocycles. The highest BCUT2D eigenvalue weighted by atomic mass is 19.1. The van der Waals surface area contributed by atoms with Crippen molar-refractivity contribution in [3.05, 3.63) is 65.5 Å². The number of fused-ring (bicyclic) bond motifs is 1. The van der Waals surface area contributed by atoms with Crippen molar-refractivity contribution in [2.45, 2.75) is 25.5 Å². The molecule has 2 aromatic carbocycles. The van der Waals surface area contributed by atoms with Gasteiger partial charge in [-0.05, 0) is 41.9 Å². The van der Waals surface area contributed by atoms with Gasteiger partial charge >= 0.3 is 0 Å². The van der Waals surface area contributed by atoms with Crippen LogP contribution in [0.25, 0.3) is 0 Å². The molecule has 1 aliphatic carbocycles. The molecular formula is C17H18FNO. The Labute approximate surface area is 118 Å². The number of benzene rings is 2. The summed E-state index contributed by atoms with van der Waals surface area (Å²) in [6.45, 7) is 2.98. The maximum absolute atomic E-state index is 12.9. The third-order valence-electron chi connectivity index (χ3n) is 3.71. The van der Waals surface area contributed by atoms with Crippen LogP contribution in [0, 0.1) is 5.82 Å². The summed E-state index contributed by atoms with van der Waals surface area (Å²) in [6.07, 6.45) is 0.934. The Bertz CT molecular complexity index is 582. The summed E-state index contributed by atoms with van der Waals surface area (Å²) in [4.78, 5) is 0. The van der Waals surface area contributed by atoms with Crippen LogP contribution >= 0.6 is 0 Å². The van der Waals surface area contributed by atoms with E-state index in [0.29, 0.717) is 5.75 Å². The first-order valence-electron chi connectivity index (χ1n) is 7.01. The van der Waals surface area contributed by atoms with Crippen molar-refractivity contribution in [1.82, 2.24) is 5.32 Å². The van der Waals surface area contributed by atoms with Crippen molar-refractivity contribution >= 4 is 0 Å². The van der Waals surface area contributed by atoms with Gasteiger partial charge in [0.05, 0.1) is 6.04 Å². The first-order valence-corrected chi connectivity index (χ1v) is 7.01. The van der Waals surface area contributed by atoms with E-state index in [4.69, 9.17) is 4.74 Å². The van der Waals surface area contributed by atoms with Crippen LogP contribution in [-0.4, -0.2) is 12.6 Å². The predicted molar refractivity (Wildman–Crippen MR) is 77.4 cm³/mol. The average Bonchev–Trinajstić information content (AvgIpc) is 2.80. The zero-order chi connectivity index (χ0) is 13.9. The average molecular weight is 271 g/mol. The van der Waals surface area contributed by atoms with Crippen molar-refractivity contribution < 1.29 is 9.13 Å². The van der Waals surface area contributed by atoms with Crippen molar-refractivity contribution in [1.29, 1.82) is 0 Å². The Balaban J connectivity index is 1.81. The van der Waals surface area contributed by atoms with Crippen LogP contribution in [-0.2, 0) is 6.42 Å². The summed E-state index contributed by atoms with van der Waals surface area (Å²) < 4.78 is 19.0. The molecule has 0 spiro atoms. The highest BCUT2D eigenvalue weighted by Crippen LogP contribution is 2.34. The zero-order valence-corrected chi connectivity index (χ0v) is 11.5. The number of halogens is 1. The largest absolute Gasteiger partial charge is 0.488 e. The summed E-state index contributed by atoms with van der Waals surface area (Å²) in [5, 5.41) is 3.48. The number of likely N-dealkylation sites (N-methyl/N-ethyl adjacent to an activating group) is 1. The lowest BCUT2D eigenvalue weighted by molar-refractivity contribution is 0.168. The lowest BCUT2D eigenvalue weighted by Crippen LogP contribution is -2.32. The van der Waals surface area contributed by atoms with E-state index in [-0.39, 0.29) is 18.0 Å². The fourth-order valence-corrected chi connectivity index (χ4v) is 2.82. The van der Waals surface area contributed by atoms with Gasteiger partial charge in [-0.3, -0.25) is 0 Å². The van der Waals surface area contributed by atoms with Crippen molar-refractivity contribution in [2.24, 2.45) is 0 Å². The Kier molecular flexibility index (Phi) is 3.70. The molecule has 0 radical (unpaired) electrons. The normalized spacial score (nSPS) is 20.7. The van der Waals surface area contributed by atoms with Gasteiger partial charge in [0.2, 0.25) is 0 Å². The third kappa shape index (κ3) is 2.54. The van der Waals surface area contributed by atoms with Gasteiger partial charge in [-0.2, -0.15) is 0 Å². The fourth-order valence-electron chi connectivity index (χ4n) is 2.82. The lowest BCUT2D eigenvalue weighted by atomic mass is 10.1. The maximum atomic E-state index is 12.9. The van der Waals surface area contributed by atoms with Gasteiger partial charge in [-0.25, -0.2) is 4.39 Å². The van der Waals surface area contributed by atoms with Crippen LogP contribution in [0.15, 0.2) is 48.5 Å². The second-order valence-electron chi connectivity index (χ2n) is 5.05. The van der Waals surface area contributed by atoms with Gasteiger partial charge in [0, 0.05) is 6.42 Å². The zero-order valence-electron chi connectivity index (χ0n) is 11.5. The first kappa shape index (κ1) is 13.1. The summed E-state index contributed by atoms with van der Waals surface area (Å²) in [5.41, 5.74) is 2.63. The molecule has 0 aromatic heterocycles. The predicted octanol–water partition coefficient (Wildman–Crippen LogP) is 3.48. The molecule has 2 nitrogen and oxygen atoms in total. The highest BCUT2D eigenvalue weighted by Gasteiger charge is 2.33. The van der Waals surface area contributed by atoms with E-state index in [1.807, 2.05) is 0 Å². The van der Waals surface area contributed by atoms with Crippen LogP contribution in [0.5, 0.6) is 5.75 Å². The van der Waals surface area contributed by atoms with Crippen molar-refractivity contribution in [2.75, 3.05) is 6.54 Å². The number of rotatable bonds is 4. The summed E-state index contributed by atoms with van der Waals surface area (Å²) in [5.74, 6) is 0.474. The van der Waals surface area contributed by atoms with Gasteiger partial charge in [0.1, 0.15) is 17.7 Å². The van der Waals surface area contributed by atoms with Crippen LogP contribution in [0.4, 0.5) is 4.39 Å². The van der Waals surface area contributed by atoms with E-state index in [2.05, 4.69) is 36.5 Å². The molecule has 104 valence electrons. The molecule has 2 unspecified atom stereocenters. The summed E-state index contributed by atoms with van der Waals surface area (Å²) >= 11 is 0. The van der Waals surface area contributed by atoms with Crippen LogP contribution < -0.4 is 10.1 Å². The second kappa shape index (κ2) is 5.63. The quantitative estimate of drug-likeness (QED) is 0.919. The van der Waals surface area contributed by atoms with Gasteiger partial charge in [-0.15, -0.1) is 0 Å². The summed E-state index contributed by atoms with van der Waals surface area (Å²) in [6, 6.07) is 14.8. The highest BCUT2D eigenvalue weighted by molar-refractivity contribution is 5.37. The molecule has 0 bridgehead atoms. The Hall–Kier alpha value is -1.87. The topological polar surface area (TPSA) is 21.3 Å². The summed E-state index contributed by atoms with van der Waals surface area (Å²) in [7, 11) is 0. The van der Waals surface area contributed by atoms with E-state index in [0.717, 1.165) is 13.0 Å². The number of hydrogen-bond donors (Lipinski definition) is 1. The minimum atomic E-state index is -0.240. The molecule has 1 aliphatic rings. The number of ether oxygens (including phenoxy) is 1. The molecule has 0 amide bonds. The first-order chi connectivity index (χ1) is 9.78. The van der Waals surface area contributed by atoms with Gasteiger partial charge in [-0.1, -0.05) is 31.2 Å². The van der Waals surface area contributed by atoms with E-state index in [1.54, 1.807) is 12.1 Å². The molecule has 0 heterocycles. The van der Waals surface area contributed by atoms with Crippen LogP contribution in [0.2, 0.25) is 0 Å². The monoisotopic (exact) mass is 271 g/mol. The van der Waals surface area contributed by atoms with Crippen LogP contribution in [0.3, 0.4) is 0 Å². The number of nitrogens with one attached hydrogen (secondary N) is 1.